The quantitative estimate of drug-likeness (QED) is 0.574. The second-order valence-electron chi connectivity index (χ2n) is 5.19. The fraction of sp³-hybridized carbons (Fsp3) is 0.0556. The molecule has 0 atom stereocenters. The molecule has 23 heavy (non-hydrogen) atoms. The van der Waals surface area contributed by atoms with Gasteiger partial charge in [-0.15, -0.1) is 0 Å². The first-order valence-corrected chi connectivity index (χ1v) is 7.00. The lowest BCUT2D eigenvalue weighted by Crippen LogP contribution is -1.99. The molecule has 0 radical (unpaired) electrons. The summed E-state index contributed by atoms with van der Waals surface area (Å²) in [7, 11) is 1.49. The molecule has 4 rings (SSSR count). The second kappa shape index (κ2) is 4.91. The van der Waals surface area contributed by atoms with Gasteiger partial charge in [-0.2, -0.15) is 0 Å². The Labute approximate surface area is 130 Å². The first kappa shape index (κ1) is 13.5. The lowest BCUT2D eigenvalue weighted by atomic mass is 10.1. The van der Waals surface area contributed by atoms with Gasteiger partial charge >= 0.3 is 5.43 Å². The number of hydrogen-bond acceptors (Lipinski definition) is 4. The van der Waals surface area contributed by atoms with E-state index < -0.39 is 0 Å². The summed E-state index contributed by atoms with van der Waals surface area (Å²) < 4.78 is 16.5. The third-order valence-corrected chi connectivity index (χ3v) is 3.75. The molecular formula is C18H13O5+. The SMILES string of the molecule is COc1cc(-c2cc3ccoc4cc(=[OH+])cc(o2)c34)ccc1O. The van der Waals surface area contributed by atoms with E-state index in [1.54, 1.807) is 36.6 Å². The van der Waals surface area contributed by atoms with Gasteiger partial charge in [-0.1, -0.05) is 0 Å². The maximum Gasteiger partial charge on any atom is 0.347 e. The largest absolute Gasteiger partial charge is 0.504 e. The predicted molar refractivity (Wildman–Crippen MR) is 84.7 cm³/mol. The minimum Gasteiger partial charge on any atom is -0.504 e. The van der Waals surface area contributed by atoms with Crippen LogP contribution < -0.4 is 10.2 Å². The number of methoxy groups -OCH3 is 1. The van der Waals surface area contributed by atoms with E-state index in [1.165, 1.54) is 7.11 Å². The Morgan fingerprint density at radius 1 is 1.04 bits per heavy atom. The third-order valence-electron chi connectivity index (χ3n) is 3.75. The van der Waals surface area contributed by atoms with E-state index in [-0.39, 0.29) is 11.2 Å². The van der Waals surface area contributed by atoms with Crippen molar-refractivity contribution in [1.82, 2.24) is 0 Å². The van der Waals surface area contributed by atoms with Crippen molar-refractivity contribution in [2.24, 2.45) is 0 Å². The van der Waals surface area contributed by atoms with Crippen LogP contribution in [0.2, 0.25) is 0 Å². The molecule has 5 heteroatoms. The standard InChI is InChI=1S/C18H12O5/c1-21-15-6-10(2-3-13(15)20)14-7-11-4-5-22-16-8-12(19)9-17(23-14)18(11)16/h2-9,20H,1H3/p+1. The summed E-state index contributed by atoms with van der Waals surface area (Å²) in [5.74, 6) is 1.02. The van der Waals surface area contributed by atoms with Gasteiger partial charge in [-0.25, -0.2) is 0 Å². The monoisotopic (exact) mass is 309 g/mol. The summed E-state index contributed by atoms with van der Waals surface area (Å²) >= 11 is 0. The average Bonchev–Trinajstić information content (AvgIpc) is 2.55. The normalized spacial score (nSPS) is 11.2. The number of phenols is 1. The van der Waals surface area contributed by atoms with Crippen molar-refractivity contribution in [2.75, 3.05) is 7.11 Å². The lowest BCUT2D eigenvalue weighted by molar-refractivity contribution is 0.373. The molecule has 2 N–H and O–H groups in total. The van der Waals surface area contributed by atoms with Gasteiger partial charge in [0.05, 0.1) is 30.9 Å². The molecule has 0 fully saturated rings. The van der Waals surface area contributed by atoms with Crippen LogP contribution in [0.1, 0.15) is 0 Å². The number of benzene rings is 2. The Morgan fingerprint density at radius 3 is 2.70 bits per heavy atom. The van der Waals surface area contributed by atoms with Crippen LogP contribution in [0.25, 0.3) is 33.3 Å². The van der Waals surface area contributed by atoms with Gasteiger partial charge in [0.25, 0.3) is 0 Å². The number of hydrogen-bond donors (Lipinski definition) is 1. The van der Waals surface area contributed by atoms with Crippen LogP contribution >= 0.6 is 0 Å². The van der Waals surface area contributed by atoms with Crippen molar-refractivity contribution in [3.05, 3.63) is 54.2 Å². The van der Waals surface area contributed by atoms with Crippen LogP contribution in [0.4, 0.5) is 0 Å². The lowest BCUT2D eigenvalue weighted by Gasteiger charge is -2.09. The molecule has 0 saturated carbocycles. The molecule has 2 heterocycles. The molecule has 0 bridgehead atoms. The first-order valence-electron chi connectivity index (χ1n) is 7.00. The Balaban J connectivity index is 2.03. The highest BCUT2D eigenvalue weighted by Gasteiger charge is 2.13. The van der Waals surface area contributed by atoms with Crippen LogP contribution in [-0.4, -0.2) is 17.0 Å². The summed E-state index contributed by atoms with van der Waals surface area (Å²) in [6.45, 7) is 0. The summed E-state index contributed by atoms with van der Waals surface area (Å²) in [5, 5.41) is 11.5. The third kappa shape index (κ3) is 2.14. The van der Waals surface area contributed by atoms with Gasteiger partial charge in [0.2, 0.25) is 0 Å². The Bertz CT molecular complexity index is 1090. The first-order chi connectivity index (χ1) is 11.2. The van der Waals surface area contributed by atoms with E-state index in [4.69, 9.17) is 13.6 Å². The smallest absolute Gasteiger partial charge is 0.347 e. The predicted octanol–water partition coefficient (Wildman–Crippen LogP) is 3.56. The van der Waals surface area contributed by atoms with E-state index in [2.05, 4.69) is 0 Å². The van der Waals surface area contributed by atoms with Crippen LogP contribution in [0.3, 0.4) is 0 Å². The van der Waals surface area contributed by atoms with Crippen LogP contribution in [0, 0.1) is 0 Å². The number of phenolic OH excluding ortho intramolecular Hbond substituents is 1. The molecule has 2 aromatic heterocycles. The van der Waals surface area contributed by atoms with E-state index in [0.29, 0.717) is 22.7 Å². The molecule has 0 aliphatic rings. The zero-order valence-corrected chi connectivity index (χ0v) is 12.2. The molecule has 2 aromatic carbocycles. The van der Waals surface area contributed by atoms with E-state index in [9.17, 15) is 9.90 Å². The molecule has 0 aliphatic heterocycles. The number of aromatic hydroxyl groups is 1. The van der Waals surface area contributed by atoms with Gasteiger partial charge in [-0.05, 0) is 35.7 Å². The Hall–Kier alpha value is -3.21. The van der Waals surface area contributed by atoms with Crippen molar-refractivity contribution in [2.45, 2.75) is 0 Å². The van der Waals surface area contributed by atoms with Crippen molar-refractivity contribution >= 4 is 21.9 Å². The van der Waals surface area contributed by atoms with E-state index in [1.807, 2.05) is 12.1 Å². The summed E-state index contributed by atoms with van der Waals surface area (Å²) in [6, 6.07) is 11.8. The van der Waals surface area contributed by atoms with Crippen molar-refractivity contribution in [3.8, 4) is 22.8 Å². The topological polar surface area (TPSA) is 77.1 Å². The highest BCUT2D eigenvalue weighted by molar-refractivity contribution is 6.05. The van der Waals surface area contributed by atoms with Crippen molar-refractivity contribution in [1.29, 1.82) is 0 Å². The molecule has 4 aromatic rings. The van der Waals surface area contributed by atoms with E-state index >= 15 is 0 Å². The fourth-order valence-electron chi connectivity index (χ4n) is 2.68. The van der Waals surface area contributed by atoms with Crippen LogP contribution in [0.5, 0.6) is 11.5 Å². The van der Waals surface area contributed by atoms with Gasteiger partial charge in [0, 0.05) is 5.56 Å². The molecule has 5 nitrogen and oxygen atoms in total. The molecule has 0 amide bonds. The van der Waals surface area contributed by atoms with Gasteiger partial charge in [-0.3, -0.25) is 4.79 Å². The molecular weight excluding hydrogens is 296 g/mol. The summed E-state index contributed by atoms with van der Waals surface area (Å²) in [6.07, 6.45) is 1.57. The fourth-order valence-corrected chi connectivity index (χ4v) is 2.68. The maximum absolute atomic E-state index is 9.82. The van der Waals surface area contributed by atoms with Gasteiger partial charge in [0.1, 0.15) is 16.9 Å². The molecule has 0 saturated heterocycles. The van der Waals surface area contributed by atoms with E-state index in [0.717, 1.165) is 16.3 Å². The highest BCUT2D eigenvalue weighted by Crippen LogP contribution is 2.35. The van der Waals surface area contributed by atoms with Gasteiger partial charge in [0.15, 0.2) is 11.5 Å². The molecule has 0 spiro atoms. The molecule has 0 unspecified atom stereocenters. The van der Waals surface area contributed by atoms with Crippen LogP contribution in [0.15, 0.2) is 57.6 Å². The number of rotatable bonds is 2. The Morgan fingerprint density at radius 2 is 1.87 bits per heavy atom. The van der Waals surface area contributed by atoms with Crippen molar-refractivity contribution in [3.63, 3.8) is 0 Å². The van der Waals surface area contributed by atoms with Crippen LogP contribution in [-0.2, 0) is 0 Å². The highest BCUT2D eigenvalue weighted by atomic mass is 16.5. The maximum atomic E-state index is 9.82. The number of ether oxygens (including phenoxy) is 1. The zero-order chi connectivity index (χ0) is 16.0. The average molecular weight is 309 g/mol. The summed E-state index contributed by atoms with van der Waals surface area (Å²) in [5.41, 5.74) is 1.89. The molecule has 0 aliphatic carbocycles. The molecule has 114 valence electrons. The minimum absolute atomic E-state index is 0.0617. The minimum atomic E-state index is 0.0617. The summed E-state index contributed by atoms with van der Waals surface area (Å²) in [4.78, 5) is 9.82. The zero-order valence-electron chi connectivity index (χ0n) is 12.2. The Kier molecular flexibility index (Phi) is 2.87. The van der Waals surface area contributed by atoms with Gasteiger partial charge < -0.3 is 18.7 Å². The second-order valence-corrected chi connectivity index (χ2v) is 5.19. The van der Waals surface area contributed by atoms with Crippen molar-refractivity contribution < 1.29 is 23.5 Å².